The van der Waals surface area contributed by atoms with Gasteiger partial charge in [-0.05, 0) is 29.5 Å². The minimum Gasteiger partial charge on any atom is -0.449 e. The van der Waals surface area contributed by atoms with Crippen molar-refractivity contribution in [3.8, 4) is 0 Å². The number of carbonyl (C=O) groups is 1. The smallest absolute Gasteiger partial charge is 0.339 e. The minimum atomic E-state index is -0.394. The van der Waals surface area contributed by atoms with Crippen LogP contribution in [0.25, 0.3) is 0 Å². The highest BCUT2D eigenvalue weighted by molar-refractivity contribution is 7.08. The highest BCUT2D eigenvalue weighted by Gasteiger charge is 2.20. The van der Waals surface area contributed by atoms with Crippen LogP contribution in [0.2, 0.25) is 0 Å². The van der Waals surface area contributed by atoms with E-state index in [0.29, 0.717) is 5.56 Å². The molecule has 22 heavy (non-hydrogen) atoms. The Balaban J connectivity index is 1.93. The molecule has 2 aromatic carbocycles. The van der Waals surface area contributed by atoms with Gasteiger partial charge in [-0.15, -0.1) is 0 Å². The molecule has 0 fully saturated rings. The van der Waals surface area contributed by atoms with E-state index in [0.717, 1.165) is 11.1 Å². The van der Waals surface area contributed by atoms with E-state index in [1.54, 1.807) is 11.4 Å². The molecular formula is C19H16O2S. The lowest BCUT2D eigenvalue weighted by molar-refractivity contribution is 0.0379. The summed E-state index contributed by atoms with van der Waals surface area (Å²) >= 11 is 1.49. The number of thiophene rings is 1. The SMILES string of the molecule is Cc1ccc(C(OC(=O)c2ccsc2)c2ccccc2)cc1. The molecule has 3 aromatic rings. The number of esters is 1. The second-order valence-corrected chi connectivity index (χ2v) is 5.90. The van der Waals surface area contributed by atoms with E-state index in [1.807, 2.05) is 66.9 Å². The molecule has 0 amide bonds. The van der Waals surface area contributed by atoms with Gasteiger partial charge in [0.05, 0.1) is 5.56 Å². The van der Waals surface area contributed by atoms with Gasteiger partial charge < -0.3 is 4.74 Å². The molecule has 0 N–H and O–H groups in total. The molecule has 0 saturated carbocycles. The molecule has 110 valence electrons. The normalized spacial score (nSPS) is 11.9. The summed E-state index contributed by atoms with van der Waals surface area (Å²) in [5.41, 5.74) is 3.72. The first kappa shape index (κ1) is 14.5. The van der Waals surface area contributed by atoms with Crippen molar-refractivity contribution in [3.05, 3.63) is 93.7 Å². The van der Waals surface area contributed by atoms with Crippen molar-refractivity contribution in [2.75, 3.05) is 0 Å². The molecule has 3 heteroatoms. The summed E-state index contributed by atoms with van der Waals surface area (Å²) < 4.78 is 5.77. The molecule has 1 atom stereocenters. The zero-order chi connectivity index (χ0) is 15.4. The van der Waals surface area contributed by atoms with Gasteiger partial charge in [-0.3, -0.25) is 0 Å². The van der Waals surface area contributed by atoms with Crippen LogP contribution in [0, 0.1) is 6.92 Å². The molecule has 1 aromatic heterocycles. The number of carbonyl (C=O) groups excluding carboxylic acids is 1. The Morgan fingerprint density at radius 2 is 1.64 bits per heavy atom. The fourth-order valence-corrected chi connectivity index (χ4v) is 2.88. The third-order valence-electron chi connectivity index (χ3n) is 3.46. The van der Waals surface area contributed by atoms with Crippen molar-refractivity contribution in [1.29, 1.82) is 0 Å². The van der Waals surface area contributed by atoms with E-state index in [9.17, 15) is 4.79 Å². The van der Waals surface area contributed by atoms with E-state index in [1.165, 1.54) is 16.9 Å². The Hall–Kier alpha value is -2.39. The van der Waals surface area contributed by atoms with E-state index >= 15 is 0 Å². The molecule has 0 bridgehead atoms. The Kier molecular flexibility index (Phi) is 4.35. The van der Waals surface area contributed by atoms with Crippen LogP contribution in [0.4, 0.5) is 0 Å². The molecule has 1 heterocycles. The number of hydrogen-bond acceptors (Lipinski definition) is 3. The second-order valence-electron chi connectivity index (χ2n) is 5.12. The monoisotopic (exact) mass is 308 g/mol. The molecule has 2 nitrogen and oxygen atoms in total. The molecule has 0 aliphatic heterocycles. The van der Waals surface area contributed by atoms with Crippen molar-refractivity contribution in [2.24, 2.45) is 0 Å². The minimum absolute atomic E-state index is 0.296. The lowest BCUT2D eigenvalue weighted by Gasteiger charge is -2.19. The molecule has 0 aliphatic carbocycles. The third kappa shape index (κ3) is 3.26. The average Bonchev–Trinajstić information content (AvgIpc) is 3.09. The maximum absolute atomic E-state index is 12.3. The van der Waals surface area contributed by atoms with Crippen molar-refractivity contribution >= 4 is 17.3 Å². The van der Waals surface area contributed by atoms with Gasteiger partial charge in [-0.25, -0.2) is 4.79 Å². The zero-order valence-electron chi connectivity index (χ0n) is 12.2. The van der Waals surface area contributed by atoms with Gasteiger partial charge >= 0.3 is 5.97 Å². The van der Waals surface area contributed by atoms with Gasteiger partial charge in [0.15, 0.2) is 6.10 Å². The summed E-state index contributed by atoms with van der Waals surface area (Å²) in [6.45, 7) is 2.04. The summed E-state index contributed by atoms with van der Waals surface area (Å²) in [5, 5.41) is 3.68. The predicted molar refractivity (Wildman–Crippen MR) is 89.2 cm³/mol. The van der Waals surface area contributed by atoms with Crippen LogP contribution in [-0.2, 0) is 4.74 Å². The van der Waals surface area contributed by atoms with Crippen LogP contribution in [0.15, 0.2) is 71.4 Å². The molecule has 0 radical (unpaired) electrons. The molecule has 0 spiro atoms. The lowest BCUT2D eigenvalue weighted by Crippen LogP contribution is -2.12. The van der Waals surface area contributed by atoms with Gasteiger partial charge in [0.2, 0.25) is 0 Å². The first-order valence-electron chi connectivity index (χ1n) is 7.09. The second kappa shape index (κ2) is 6.58. The Labute approximate surface area is 134 Å². The van der Waals surface area contributed by atoms with Crippen LogP contribution in [0.3, 0.4) is 0 Å². The van der Waals surface area contributed by atoms with Crippen LogP contribution in [0.1, 0.15) is 33.2 Å². The van der Waals surface area contributed by atoms with Gasteiger partial charge in [0.1, 0.15) is 0 Å². The van der Waals surface area contributed by atoms with Gasteiger partial charge in [-0.1, -0.05) is 60.2 Å². The average molecular weight is 308 g/mol. The summed E-state index contributed by atoms with van der Waals surface area (Å²) in [4.78, 5) is 12.3. The molecular weight excluding hydrogens is 292 g/mol. The highest BCUT2D eigenvalue weighted by Crippen LogP contribution is 2.27. The number of ether oxygens (including phenoxy) is 1. The number of hydrogen-bond donors (Lipinski definition) is 0. The highest BCUT2D eigenvalue weighted by atomic mass is 32.1. The Bertz CT molecular complexity index is 731. The van der Waals surface area contributed by atoms with E-state index in [4.69, 9.17) is 4.74 Å². The van der Waals surface area contributed by atoms with Crippen molar-refractivity contribution in [3.63, 3.8) is 0 Å². The number of aryl methyl sites for hydroxylation is 1. The van der Waals surface area contributed by atoms with Gasteiger partial charge in [-0.2, -0.15) is 11.3 Å². The quantitative estimate of drug-likeness (QED) is 0.634. The number of benzene rings is 2. The third-order valence-corrected chi connectivity index (χ3v) is 4.15. The Morgan fingerprint density at radius 3 is 2.27 bits per heavy atom. The first-order chi connectivity index (χ1) is 10.7. The lowest BCUT2D eigenvalue weighted by atomic mass is 10.0. The van der Waals surface area contributed by atoms with E-state index in [-0.39, 0.29) is 5.97 Å². The predicted octanol–water partition coefficient (Wildman–Crippen LogP) is 5.00. The summed E-state index contributed by atoms with van der Waals surface area (Å²) in [6.07, 6.45) is -0.394. The van der Waals surface area contributed by atoms with Crippen molar-refractivity contribution in [1.82, 2.24) is 0 Å². The topological polar surface area (TPSA) is 26.3 Å². The van der Waals surface area contributed by atoms with Crippen molar-refractivity contribution < 1.29 is 9.53 Å². The van der Waals surface area contributed by atoms with Crippen LogP contribution >= 0.6 is 11.3 Å². The summed E-state index contributed by atoms with van der Waals surface area (Å²) in [6, 6.07) is 19.7. The fourth-order valence-electron chi connectivity index (χ4n) is 2.25. The largest absolute Gasteiger partial charge is 0.449 e. The maximum Gasteiger partial charge on any atom is 0.339 e. The summed E-state index contributed by atoms with van der Waals surface area (Å²) in [7, 11) is 0. The van der Waals surface area contributed by atoms with Gasteiger partial charge in [0, 0.05) is 5.38 Å². The number of rotatable bonds is 4. The van der Waals surface area contributed by atoms with E-state index < -0.39 is 6.10 Å². The van der Waals surface area contributed by atoms with Crippen LogP contribution in [0.5, 0.6) is 0 Å². The first-order valence-corrected chi connectivity index (χ1v) is 8.03. The van der Waals surface area contributed by atoms with Crippen molar-refractivity contribution in [2.45, 2.75) is 13.0 Å². The summed E-state index contributed by atoms with van der Waals surface area (Å²) in [5.74, 6) is -0.296. The standard InChI is InChI=1S/C19H16O2S/c1-14-7-9-16(10-8-14)18(15-5-3-2-4-6-15)21-19(20)17-11-12-22-13-17/h2-13,18H,1H3. The van der Waals surface area contributed by atoms with Crippen LogP contribution in [-0.4, -0.2) is 5.97 Å². The fraction of sp³-hybridized carbons (Fsp3) is 0.105. The molecule has 1 unspecified atom stereocenters. The van der Waals surface area contributed by atoms with E-state index in [2.05, 4.69) is 0 Å². The molecule has 0 saturated heterocycles. The Morgan fingerprint density at radius 1 is 0.955 bits per heavy atom. The zero-order valence-corrected chi connectivity index (χ0v) is 13.0. The van der Waals surface area contributed by atoms with Gasteiger partial charge in [0.25, 0.3) is 0 Å². The molecule has 3 rings (SSSR count). The van der Waals surface area contributed by atoms with Crippen LogP contribution < -0.4 is 0 Å². The maximum atomic E-state index is 12.3. The molecule has 0 aliphatic rings.